The number of nitrogens with two attached hydrogens (primary N) is 1. The zero-order valence-corrected chi connectivity index (χ0v) is 12.2. The summed E-state index contributed by atoms with van der Waals surface area (Å²) < 4.78 is 5.85. The normalized spacial score (nSPS) is 11.8. The fraction of sp³-hybridized carbons (Fsp3) is 0.412. The lowest BCUT2D eigenvalue weighted by molar-refractivity contribution is -0.0115. The molecule has 20 heavy (non-hydrogen) atoms. The summed E-state index contributed by atoms with van der Waals surface area (Å²) in [5.41, 5.74) is 6.11. The molecule has 3 nitrogen and oxygen atoms in total. The molecule has 0 aromatic heterocycles. The minimum absolute atomic E-state index is 0.297. The van der Waals surface area contributed by atoms with Crippen LogP contribution >= 0.6 is 0 Å². The molecule has 0 amide bonds. The van der Waals surface area contributed by atoms with Crippen LogP contribution in [0.1, 0.15) is 32.3 Å². The molecule has 0 heterocycles. The molecular weight excluding hydrogens is 250 g/mol. The molecule has 108 valence electrons. The van der Waals surface area contributed by atoms with Crippen LogP contribution in [-0.4, -0.2) is 17.3 Å². The SMILES string of the molecule is CCC(O)(CC)COc1ccc2ccccc2c1CN. The van der Waals surface area contributed by atoms with Crippen molar-refractivity contribution < 1.29 is 9.84 Å². The van der Waals surface area contributed by atoms with Gasteiger partial charge in [-0.2, -0.15) is 0 Å². The van der Waals surface area contributed by atoms with Gasteiger partial charge in [-0.1, -0.05) is 44.2 Å². The maximum Gasteiger partial charge on any atom is 0.124 e. The smallest absolute Gasteiger partial charge is 0.124 e. The van der Waals surface area contributed by atoms with E-state index in [4.69, 9.17) is 10.5 Å². The van der Waals surface area contributed by atoms with E-state index in [0.717, 1.165) is 22.1 Å². The van der Waals surface area contributed by atoms with Gasteiger partial charge in [0.2, 0.25) is 0 Å². The molecule has 0 unspecified atom stereocenters. The van der Waals surface area contributed by atoms with Gasteiger partial charge in [0, 0.05) is 12.1 Å². The van der Waals surface area contributed by atoms with E-state index in [9.17, 15) is 5.11 Å². The van der Waals surface area contributed by atoms with E-state index in [1.807, 2.05) is 38.1 Å². The number of fused-ring (bicyclic) bond motifs is 1. The summed E-state index contributed by atoms with van der Waals surface area (Å²) in [6.07, 6.45) is 1.35. The highest BCUT2D eigenvalue weighted by Gasteiger charge is 2.23. The summed E-state index contributed by atoms with van der Waals surface area (Å²) in [5, 5.41) is 12.6. The Labute approximate surface area is 120 Å². The van der Waals surface area contributed by atoms with E-state index in [-0.39, 0.29) is 0 Å². The molecule has 2 rings (SSSR count). The average Bonchev–Trinajstić information content (AvgIpc) is 2.51. The maximum absolute atomic E-state index is 10.3. The van der Waals surface area contributed by atoms with Crippen molar-refractivity contribution in [1.82, 2.24) is 0 Å². The molecule has 2 aromatic rings. The Morgan fingerprint density at radius 2 is 1.80 bits per heavy atom. The Kier molecular flexibility index (Phi) is 4.63. The zero-order valence-electron chi connectivity index (χ0n) is 12.2. The number of ether oxygens (including phenoxy) is 1. The zero-order chi connectivity index (χ0) is 14.6. The van der Waals surface area contributed by atoms with Crippen LogP contribution in [0.2, 0.25) is 0 Å². The number of hydrogen-bond acceptors (Lipinski definition) is 3. The third-order valence-electron chi connectivity index (χ3n) is 4.01. The highest BCUT2D eigenvalue weighted by Crippen LogP contribution is 2.29. The number of aliphatic hydroxyl groups is 1. The highest BCUT2D eigenvalue weighted by molar-refractivity contribution is 5.87. The standard InChI is InChI=1S/C17H23NO2/c1-3-17(19,4-2)12-20-16-10-9-13-7-5-6-8-14(13)15(16)11-18/h5-10,19H,3-4,11-12,18H2,1-2H3. The van der Waals surface area contributed by atoms with Crippen molar-refractivity contribution >= 4 is 10.8 Å². The molecule has 3 heteroatoms. The van der Waals surface area contributed by atoms with Crippen LogP contribution in [0.15, 0.2) is 36.4 Å². The summed E-state index contributed by atoms with van der Waals surface area (Å²) in [6, 6.07) is 12.1. The van der Waals surface area contributed by atoms with Crippen LogP contribution in [0.3, 0.4) is 0 Å². The molecule has 0 radical (unpaired) electrons. The quantitative estimate of drug-likeness (QED) is 0.849. The van der Waals surface area contributed by atoms with E-state index >= 15 is 0 Å². The topological polar surface area (TPSA) is 55.5 Å². The molecule has 0 aliphatic rings. The van der Waals surface area contributed by atoms with E-state index in [1.165, 1.54) is 0 Å². The number of rotatable bonds is 6. The van der Waals surface area contributed by atoms with Gasteiger partial charge in [0.05, 0.1) is 5.60 Å². The van der Waals surface area contributed by atoms with Crippen molar-refractivity contribution in [2.45, 2.75) is 38.8 Å². The van der Waals surface area contributed by atoms with Crippen molar-refractivity contribution in [3.8, 4) is 5.75 Å². The van der Waals surface area contributed by atoms with Crippen LogP contribution in [0.25, 0.3) is 10.8 Å². The molecule has 3 N–H and O–H groups in total. The fourth-order valence-corrected chi connectivity index (χ4v) is 2.33. The molecule has 0 aliphatic heterocycles. The third-order valence-corrected chi connectivity index (χ3v) is 4.01. The molecule has 0 spiro atoms. The van der Waals surface area contributed by atoms with E-state index < -0.39 is 5.60 Å². The van der Waals surface area contributed by atoms with Crippen LogP contribution in [-0.2, 0) is 6.54 Å². The van der Waals surface area contributed by atoms with Gasteiger partial charge >= 0.3 is 0 Å². The van der Waals surface area contributed by atoms with Gasteiger partial charge < -0.3 is 15.6 Å². The van der Waals surface area contributed by atoms with Gasteiger partial charge in [0.15, 0.2) is 0 Å². The third kappa shape index (κ3) is 2.94. The summed E-state index contributed by atoms with van der Waals surface area (Å²) in [4.78, 5) is 0. The van der Waals surface area contributed by atoms with Crippen LogP contribution < -0.4 is 10.5 Å². The molecular formula is C17H23NO2. The van der Waals surface area contributed by atoms with Crippen molar-refractivity contribution in [2.75, 3.05) is 6.61 Å². The number of benzene rings is 2. The van der Waals surface area contributed by atoms with Gasteiger partial charge in [-0.15, -0.1) is 0 Å². The predicted molar refractivity (Wildman–Crippen MR) is 82.9 cm³/mol. The highest BCUT2D eigenvalue weighted by atomic mass is 16.5. The van der Waals surface area contributed by atoms with E-state index in [2.05, 4.69) is 12.1 Å². The lowest BCUT2D eigenvalue weighted by atomic mass is 9.99. The second kappa shape index (κ2) is 6.25. The second-order valence-electron chi connectivity index (χ2n) is 5.19. The summed E-state index contributed by atoms with van der Waals surface area (Å²) in [7, 11) is 0. The summed E-state index contributed by atoms with van der Waals surface area (Å²) >= 11 is 0. The first kappa shape index (κ1) is 14.8. The van der Waals surface area contributed by atoms with Gasteiger partial charge in [0.1, 0.15) is 12.4 Å². The molecule has 0 bridgehead atoms. The first-order chi connectivity index (χ1) is 9.63. The molecule has 2 aromatic carbocycles. The fourth-order valence-electron chi connectivity index (χ4n) is 2.33. The Bertz CT molecular complexity index is 576. The van der Waals surface area contributed by atoms with Gasteiger partial charge in [-0.25, -0.2) is 0 Å². The first-order valence-corrected chi connectivity index (χ1v) is 7.19. The lowest BCUT2D eigenvalue weighted by Gasteiger charge is -2.26. The summed E-state index contributed by atoms with van der Waals surface area (Å²) in [6.45, 7) is 4.66. The van der Waals surface area contributed by atoms with Crippen LogP contribution in [0, 0.1) is 0 Å². The Hall–Kier alpha value is -1.58. The van der Waals surface area contributed by atoms with Gasteiger partial charge in [-0.05, 0) is 29.7 Å². The second-order valence-corrected chi connectivity index (χ2v) is 5.19. The molecule has 0 atom stereocenters. The monoisotopic (exact) mass is 273 g/mol. The summed E-state index contributed by atoms with van der Waals surface area (Å²) in [5.74, 6) is 0.770. The predicted octanol–water partition coefficient (Wildman–Crippen LogP) is 3.23. The minimum atomic E-state index is -0.766. The Morgan fingerprint density at radius 3 is 2.45 bits per heavy atom. The minimum Gasteiger partial charge on any atom is -0.490 e. The van der Waals surface area contributed by atoms with E-state index in [0.29, 0.717) is 26.0 Å². The maximum atomic E-state index is 10.3. The van der Waals surface area contributed by atoms with Crippen molar-refractivity contribution in [3.63, 3.8) is 0 Å². The molecule has 0 fully saturated rings. The van der Waals surface area contributed by atoms with Crippen LogP contribution in [0.4, 0.5) is 0 Å². The van der Waals surface area contributed by atoms with Crippen molar-refractivity contribution in [3.05, 3.63) is 42.0 Å². The number of hydrogen-bond donors (Lipinski definition) is 2. The lowest BCUT2D eigenvalue weighted by Crippen LogP contribution is -2.34. The van der Waals surface area contributed by atoms with Crippen LogP contribution in [0.5, 0.6) is 5.75 Å². The van der Waals surface area contributed by atoms with Gasteiger partial charge in [0.25, 0.3) is 0 Å². The molecule has 0 aliphatic carbocycles. The van der Waals surface area contributed by atoms with Crippen molar-refractivity contribution in [2.24, 2.45) is 5.73 Å². The largest absolute Gasteiger partial charge is 0.490 e. The molecule has 0 saturated heterocycles. The van der Waals surface area contributed by atoms with Crippen molar-refractivity contribution in [1.29, 1.82) is 0 Å². The Balaban J connectivity index is 2.30. The van der Waals surface area contributed by atoms with E-state index in [1.54, 1.807) is 0 Å². The first-order valence-electron chi connectivity index (χ1n) is 7.19. The average molecular weight is 273 g/mol. The van der Waals surface area contributed by atoms with Gasteiger partial charge in [-0.3, -0.25) is 0 Å². The Morgan fingerprint density at radius 1 is 1.10 bits per heavy atom. The molecule has 0 saturated carbocycles.